The smallest absolute Gasteiger partial charge is 0.328 e. The van der Waals surface area contributed by atoms with Gasteiger partial charge in [0.05, 0.1) is 24.8 Å². The predicted octanol–water partition coefficient (Wildman–Crippen LogP) is -0.260. The van der Waals surface area contributed by atoms with Crippen LogP contribution in [-0.2, 0) is 25.5 Å². The minimum Gasteiger partial charge on any atom is -0.467 e. The van der Waals surface area contributed by atoms with Crippen LogP contribution in [0.3, 0.4) is 0 Å². The molecule has 0 aromatic heterocycles. The Kier molecular flexibility index (Phi) is 6.31. The van der Waals surface area contributed by atoms with Crippen LogP contribution in [0.5, 0.6) is 0 Å². The van der Waals surface area contributed by atoms with E-state index in [9.17, 15) is 24.8 Å². The van der Waals surface area contributed by atoms with Gasteiger partial charge in [-0.15, -0.1) is 0 Å². The van der Waals surface area contributed by atoms with E-state index in [0.29, 0.717) is 11.1 Å². The first-order chi connectivity index (χ1) is 12.4. The van der Waals surface area contributed by atoms with E-state index >= 15 is 0 Å². The number of amides is 2. The summed E-state index contributed by atoms with van der Waals surface area (Å²) in [5.41, 5.74) is 0.998. The number of nitriles is 1. The summed E-state index contributed by atoms with van der Waals surface area (Å²) >= 11 is 0. The highest BCUT2D eigenvalue weighted by Gasteiger charge is 2.39. The van der Waals surface area contributed by atoms with Gasteiger partial charge in [0.15, 0.2) is 0 Å². The highest BCUT2D eigenvalue weighted by molar-refractivity contribution is 5.91. The molecule has 1 aromatic rings. The first-order valence-electron chi connectivity index (χ1n) is 8.18. The Morgan fingerprint density at radius 3 is 2.73 bits per heavy atom. The minimum absolute atomic E-state index is 0.0770. The third-order valence-corrected chi connectivity index (χ3v) is 4.35. The molecule has 0 unspecified atom stereocenters. The van der Waals surface area contributed by atoms with Gasteiger partial charge in [-0.3, -0.25) is 9.59 Å². The molecule has 1 aliphatic rings. The number of hydrogen-bond acceptors (Lipinski definition) is 6. The van der Waals surface area contributed by atoms with Crippen molar-refractivity contribution in [3.8, 4) is 6.07 Å². The Labute approximate surface area is 151 Å². The molecule has 1 fully saturated rings. The van der Waals surface area contributed by atoms with Crippen molar-refractivity contribution in [1.29, 1.82) is 5.26 Å². The molecule has 8 nitrogen and oxygen atoms in total. The average Bonchev–Trinajstić information content (AvgIpc) is 3.03. The van der Waals surface area contributed by atoms with Gasteiger partial charge < -0.3 is 20.1 Å². The van der Waals surface area contributed by atoms with Gasteiger partial charge in [-0.1, -0.05) is 18.2 Å². The lowest BCUT2D eigenvalue weighted by atomic mass is 10.0. The Morgan fingerprint density at radius 2 is 2.12 bits per heavy atom. The molecule has 2 rings (SSSR count). The summed E-state index contributed by atoms with van der Waals surface area (Å²) in [5, 5.41) is 21.5. The molecule has 0 saturated carbocycles. The maximum absolute atomic E-state index is 12.6. The normalized spacial score (nSPS) is 20.2. The van der Waals surface area contributed by atoms with Crippen LogP contribution in [0.2, 0.25) is 0 Å². The second kappa shape index (κ2) is 8.45. The van der Waals surface area contributed by atoms with Crippen LogP contribution >= 0.6 is 0 Å². The first kappa shape index (κ1) is 19.4. The van der Waals surface area contributed by atoms with Gasteiger partial charge in [0.1, 0.15) is 12.1 Å². The summed E-state index contributed by atoms with van der Waals surface area (Å²) in [7, 11) is 1.21. The van der Waals surface area contributed by atoms with Crippen LogP contribution < -0.4 is 5.32 Å². The standard InChI is InChI=1S/C18H21N3O5/c1-11(22)21-10-14(23)8-16(21)17(24)20-15(18(25)26-2)7-12-5-3-4-6-13(12)9-19/h3-6,14-16,23H,7-8,10H2,1-2H3,(H,20,24)/t14-,15+,16+/m1/s1. The zero-order valence-corrected chi connectivity index (χ0v) is 14.6. The lowest BCUT2D eigenvalue weighted by Gasteiger charge is -2.24. The quantitative estimate of drug-likeness (QED) is 0.699. The van der Waals surface area contributed by atoms with Crippen LogP contribution in [-0.4, -0.2) is 59.6 Å². The molecule has 8 heteroatoms. The van der Waals surface area contributed by atoms with Gasteiger partial charge in [0, 0.05) is 26.3 Å². The molecule has 0 bridgehead atoms. The molecular formula is C18H21N3O5. The van der Waals surface area contributed by atoms with E-state index < -0.39 is 30.1 Å². The number of aliphatic hydroxyl groups excluding tert-OH is 1. The number of rotatable bonds is 5. The summed E-state index contributed by atoms with van der Waals surface area (Å²) < 4.78 is 4.75. The van der Waals surface area contributed by atoms with E-state index in [1.807, 2.05) is 6.07 Å². The highest BCUT2D eigenvalue weighted by atomic mass is 16.5. The Bertz CT molecular complexity index is 743. The molecule has 1 heterocycles. The largest absolute Gasteiger partial charge is 0.467 e. The molecule has 1 aromatic carbocycles. The zero-order chi connectivity index (χ0) is 19.3. The molecule has 1 saturated heterocycles. The van der Waals surface area contributed by atoms with Crippen molar-refractivity contribution >= 4 is 17.8 Å². The van der Waals surface area contributed by atoms with Gasteiger partial charge >= 0.3 is 5.97 Å². The van der Waals surface area contributed by atoms with E-state index in [-0.39, 0.29) is 25.3 Å². The summed E-state index contributed by atoms with van der Waals surface area (Å²) in [4.78, 5) is 37.6. The third kappa shape index (κ3) is 4.37. The molecular weight excluding hydrogens is 338 g/mol. The fourth-order valence-corrected chi connectivity index (χ4v) is 3.04. The number of esters is 1. The van der Waals surface area contributed by atoms with Crippen molar-refractivity contribution < 1.29 is 24.2 Å². The summed E-state index contributed by atoms with van der Waals surface area (Å²) in [6.45, 7) is 1.40. The number of methoxy groups -OCH3 is 1. The minimum atomic E-state index is -1.01. The Morgan fingerprint density at radius 1 is 1.42 bits per heavy atom. The number of hydrogen-bond donors (Lipinski definition) is 2. The number of carbonyl (C=O) groups is 3. The molecule has 2 amide bonds. The van der Waals surface area contributed by atoms with Crippen molar-refractivity contribution in [3.05, 3.63) is 35.4 Å². The first-order valence-corrected chi connectivity index (χ1v) is 8.18. The zero-order valence-electron chi connectivity index (χ0n) is 14.6. The highest BCUT2D eigenvalue weighted by Crippen LogP contribution is 2.19. The molecule has 138 valence electrons. The summed E-state index contributed by atoms with van der Waals surface area (Å²) in [6.07, 6.45) is -0.600. The lowest BCUT2D eigenvalue weighted by molar-refractivity contribution is -0.146. The molecule has 3 atom stereocenters. The summed E-state index contributed by atoms with van der Waals surface area (Å²) in [6, 6.07) is 6.95. The molecule has 0 radical (unpaired) electrons. The van der Waals surface area contributed by atoms with Crippen molar-refractivity contribution in [2.24, 2.45) is 0 Å². The van der Waals surface area contributed by atoms with Crippen molar-refractivity contribution in [1.82, 2.24) is 10.2 Å². The Balaban J connectivity index is 2.18. The maximum Gasteiger partial charge on any atom is 0.328 e. The second-order valence-electron chi connectivity index (χ2n) is 6.13. The topological polar surface area (TPSA) is 120 Å². The number of nitrogens with one attached hydrogen (secondary N) is 1. The number of nitrogens with zero attached hydrogens (tertiary/aromatic N) is 2. The molecule has 1 aliphatic heterocycles. The molecule has 0 spiro atoms. The molecule has 2 N–H and O–H groups in total. The van der Waals surface area contributed by atoms with E-state index in [0.717, 1.165) is 0 Å². The van der Waals surface area contributed by atoms with Gasteiger partial charge in [0.25, 0.3) is 0 Å². The predicted molar refractivity (Wildman–Crippen MR) is 90.6 cm³/mol. The van der Waals surface area contributed by atoms with E-state index in [1.54, 1.807) is 24.3 Å². The number of aliphatic hydroxyl groups is 1. The molecule has 26 heavy (non-hydrogen) atoms. The van der Waals surface area contributed by atoms with E-state index in [2.05, 4.69) is 5.32 Å². The lowest BCUT2D eigenvalue weighted by Crippen LogP contribution is -2.51. The summed E-state index contributed by atoms with van der Waals surface area (Å²) in [5.74, 6) is -1.52. The van der Waals surface area contributed by atoms with Gasteiger partial charge in [-0.2, -0.15) is 5.26 Å². The van der Waals surface area contributed by atoms with Crippen molar-refractivity contribution in [3.63, 3.8) is 0 Å². The van der Waals surface area contributed by atoms with Crippen LogP contribution in [0.25, 0.3) is 0 Å². The van der Waals surface area contributed by atoms with Crippen LogP contribution in [0.4, 0.5) is 0 Å². The number of β-amino-alcohol motifs (C(OH)–C–C–N with tert-alkyl or cyclic N) is 1. The molecule has 0 aliphatic carbocycles. The SMILES string of the molecule is COC(=O)[C@H](Cc1ccccc1C#N)NC(=O)[C@@H]1C[C@@H](O)CN1C(C)=O. The number of ether oxygens (including phenoxy) is 1. The fraction of sp³-hybridized carbons (Fsp3) is 0.444. The van der Waals surface area contributed by atoms with Crippen LogP contribution in [0.1, 0.15) is 24.5 Å². The fourth-order valence-electron chi connectivity index (χ4n) is 3.04. The maximum atomic E-state index is 12.6. The van der Waals surface area contributed by atoms with E-state index in [4.69, 9.17) is 4.74 Å². The van der Waals surface area contributed by atoms with Crippen molar-refractivity contribution in [2.75, 3.05) is 13.7 Å². The van der Waals surface area contributed by atoms with Gasteiger partial charge in [-0.25, -0.2) is 4.79 Å². The monoisotopic (exact) mass is 359 g/mol. The second-order valence-corrected chi connectivity index (χ2v) is 6.13. The number of likely N-dealkylation sites (tertiary alicyclic amines) is 1. The van der Waals surface area contributed by atoms with Gasteiger partial charge in [0.2, 0.25) is 11.8 Å². The number of carbonyl (C=O) groups excluding carboxylic acids is 3. The van der Waals surface area contributed by atoms with Crippen LogP contribution in [0.15, 0.2) is 24.3 Å². The van der Waals surface area contributed by atoms with Crippen LogP contribution in [0, 0.1) is 11.3 Å². The van der Waals surface area contributed by atoms with E-state index in [1.165, 1.54) is 18.9 Å². The Hall–Kier alpha value is -2.92. The average molecular weight is 359 g/mol. The third-order valence-electron chi connectivity index (χ3n) is 4.35. The number of benzene rings is 1. The van der Waals surface area contributed by atoms with Crippen molar-refractivity contribution in [2.45, 2.75) is 38.0 Å². The van der Waals surface area contributed by atoms with Gasteiger partial charge in [-0.05, 0) is 11.6 Å².